The Kier molecular flexibility index (Phi) is 4.90. The van der Waals surface area contributed by atoms with Gasteiger partial charge in [0.05, 0.1) is 17.7 Å². The fraction of sp³-hybridized carbons (Fsp3) is 0.647. The van der Waals surface area contributed by atoms with Crippen molar-refractivity contribution in [3.63, 3.8) is 0 Å². The molecule has 0 saturated carbocycles. The fourth-order valence-electron chi connectivity index (χ4n) is 3.15. The predicted octanol–water partition coefficient (Wildman–Crippen LogP) is -0.102. The Morgan fingerprint density at radius 2 is 1.70 bits per heavy atom. The lowest BCUT2D eigenvalue weighted by Crippen LogP contribution is -2.58. The number of aromatic nitrogens is 2. The van der Waals surface area contributed by atoms with Crippen LogP contribution in [0, 0.1) is 0 Å². The maximum absolute atomic E-state index is 11.6. The zero-order chi connectivity index (χ0) is 20.0. The van der Waals surface area contributed by atoms with Crippen molar-refractivity contribution in [2.75, 3.05) is 24.5 Å². The average molecular weight is 376 g/mol. The molecule has 9 nitrogen and oxygen atoms in total. The summed E-state index contributed by atoms with van der Waals surface area (Å²) in [4.78, 5) is 35.0. The third kappa shape index (κ3) is 3.63. The second kappa shape index (κ2) is 6.76. The second-order valence-corrected chi connectivity index (χ2v) is 7.92. The van der Waals surface area contributed by atoms with Crippen LogP contribution in [0.5, 0.6) is 0 Å². The van der Waals surface area contributed by atoms with E-state index in [0.717, 1.165) is 0 Å². The lowest BCUT2D eigenvalue weighted by Gasteiger charge is -2.38. The Morgan fingerprint density at radius 1 is 1.15 bits per heavy atom. The highest BCUT2D eigenvalue weighted by Gasteiger charge is 2.52. The molecule has 1 atom stereocenters. The van der Waals surface area contributed by atoms with Gasteiger partial charge < -0.3 is 24.2 Å². The van der Waals surface area contributed by atoms with Crippen molar-refractivity contribution < 1.29 is 24.0 Å². The molecule has 27 heavy (non-hydrogen) atoms. The van der Waals surface area contributed by atoms with Crippen molar-refractivity contribution in [1.82, 2.24) is 14.9 Å². The van der Waals surface area contributed by atoms with Crippen LogP contribution in [0.1, 0.15) is 34.6 Å². The number of anilines is 1. The van der Waals surface area contributed by atoms with Gasteiger partial charge in [-0.2, -0.15) is 0 Å². The number of amides is 1. The molecule has 2 saturated heterocycles. The molecule has 3 rings (SSSR count). The summed E-state index contributed by atoms with van der Waals surface area (Å²) in [6.07, 6.45) is 3.27. The maximum atomic E-state index is 11.6. The summed E-state index contributed by atoms with van der Waals surface area (Å²) in [6, 6.07) is -0.914. The number of hydrogen-bond acceptors (Lipinski definition) is 7. The van der Waals surface area contributed by atoms with E-state index in [9.17, 15) is 14.7 Å². The van der Waals surface area contributed by atoms with E-state index in [-0.39, 0.29) is 12.5 Å². The zero-order valence-electron chi connectivity index (χ0n) is 16.3. The van der Waals surface area contributed by atoms with Crippen molar-refractivity contribution in [3.05, 3.63) is 12.4 Å². The number of hydrogen-bond donors (Lipinski definition) is 1. The summed E-state index contributed by atoms with van der Waals surface area (Å²) in [6.45, 7) is 10.2. The largest absolute Gasteiger partial charge is 0.498 e. The number of carbonyl (C=O) groups is 2. The summed E-state index contributed by atoms with van der Waals surface area (Å²) in [7, 11) is -0.551. The van der Waals surface area contributed by atoms with E-state index >= 15 is 0 Å². The van der Waals surface area contributed by atoms with Gasteiger partial charge in [0.25, 0.3) is 0 Å². The number of rotatable bonds is 3. The molecule has 2 aliphatic rings. The van der Waals surface area contributed by atoms with Crippen LogP contribution in [0.2, 0.25) is 0 Å². The molecule has 1 aromatic rings. The molecule has 10 heteroatoms. The van der Waals surface area contributed by atoms with Gasteiger partial charge in [0.1, 0.15) is 6.04 Å². The van der Waals surface area contributed by atoms with Gasteiger partial charge in [-0.25, -0.2) is 14.8 Å². The molecule has 1 aromatic heterocycles. The van der Waals surface area contributed by atoms with Crippen molar-refractivity contribution in [3.8, 4) is 0 Å². The molecule has 0 bridgehead atoms. The minimum atomic E-state index is -1.04. The van der Waals surface area contributed by atoms with E-state index in [4.69, 9.17) is 9.31 Å². The molecule has 2 aliphatic heterocycles. The minimum absolute atomic E-state index is 0.144. The standard InChI is InChI=1S/C17H25BN4O5/c1-11(23)22-7-6-21(10-13(22)14(24)25)15-19-8-12(9-20-15)18-26-16(2,3)17(4,5)27-18/h8-9,13H,6-7,10H2,1-5H3,(H,24,25)/t13-/m1/s1. The van der Waals surface area contributed by atoms with Gasteiger partial charge in [-0.3, -0.25) is 4.79 Å². The van der Waals surface area contributed by atoms with Gasteiger partial charge >= 0.3 is 13.1 Å². The average Bonchev–Trinajstić information content (AvgIpc) is 2.82. The number of nitrogens with zero attached hydrogens (tertiary/aromatic N) is 4. The summed E-state index contributed by atoms with van der Waals surface area (Å²) in [5.74, 6) is -0.868. The first kappa shape index (κ1) is 19.6. The van der Waals surface area contributed by atoms with Crippen LogP contribution in [0.4, 0.5) is 5.95 Å². The maximum Gasteiger partial charge on any atom is 0.498 e. The molecule has 1 amide bonds. The van der Waals surface area contributed by atoms with Gasteiger partial charge in [0, 0.05) is 37.9 Å². The smallest absolute Gasteiger partial charge is 0.480 e. The first-order valence-electron chi connectivity index (χ1n) is 8.94. The van der Waals surface area contributed by atoms with Gasteiger partial charge in [0.15, 0.2) is 0 Å². The first-order valence-corrected chi connectivity index (χ1v) is 8.94. The van der Waals surface area contributed by atoms with E-state index in [1.54, 1.807) is 17.3 Å². The molecule has 0 aromatic carbocycles. The Bertz CT molecular complexity index is 723. The fourth-order valence-corrected chi connectivity index (χ4v) is 3.15. The topological polar surface area (TPSA) is 105 Å². The van der Waals surface area contributed by atoms with Crippen LogP contribution >= 0.6 is 0 Å². The minimum Gasteiger partial charge on any atom is -0.480 e. The van der Waals surface area contributed by atoms with Crippen LogP contribution in [-0.4, -0.2) is 75.8 Å². The van der Waals surface area contributed by atoms with Gasteiger partial charge in [0.2, 0.25) is 11.9 Å². The van der Waals surface area contributed by atoms with Crippen LogP contribution in [0.25, 0.3) is 0 Å². The predicted molar refractivity (Wildman–Crippen MR) is 98.8 cm³/mol. The second-order valence-electron chi connectivity index (χ2n) is 7.92. The molecule has 0 spiro atoms. The van der Waals surface area contributed by atoms with E-state index in [0.29, 0.717) is 24.5 Å². The van der Waals surface area contributed by atoms with E-state index in [1.165, 1.54) is 11.8 Å². The van der Waals surface area contributed by atoms with Crippen molar-refractivity contribution in [2.45, 2.75) is 51.9 Å². The number of piperazine rings is 1. The van der Waals surface area contributed by atoms with E-state index in [1.807, 2.05) is 27.7 Å². The summed E-state index contributed by atoms with van der Waals surface area (Å²) < 4.78 is 12.0. The Balaban J connectivity index is 1.73. The zero-order valence-corrected chi connectivity index (χ0v) is 16.3. The third-order valence-electron chi connectivity index (χ3n) is 5.54. The Hall–Kier alpha value is -2.20. The number of carboxylic acid groups (broad SMARTS) is 1. The Labute approximate surface area is 158 Å². The molecule has 3 heterocycles. The molecular weight excluding hydrogens is 351 g/mol. The van der Waals surface area contributed by atoms with Gasteiger partial charge in [-0.15, -0.1) is 0 Å². The lowest BCUT2D eigenvalue weighted by molar-refractivity contribution is -0.149. The molecule has 0 aliphatic carbocycles. The molecule has 0 radical (unpaired) electrons. The normalized spacial score (nSPS) is 24.2. The third-order valence-corrected chi connectivity index (χ3v) is 5.54. The van der Waals surface area contributed by atoms with Gasteiger partial charge in [-0.1, -0.05) is 0 Å². The van der Waals surface area contributed by atoms with Crippen molar-refractivity contribution in [1.29, 1.82) is 0 Å². The number of aliphatic carboxylic acids is 1. The first-order chi connectivity index (χ1) is 12.5. The monoisotopic (exact) mass is 376 g/mol. The molecular formula is C17H25BN4O5. The van der Waals surface area contributed by atoms with Crippen LogP contribution in [0.3, 0.4) is 0 Å². The summed E-state index contributed by atoms with van der Waals surface area (Å²) in [5.41, 5.74) is -0.197. The molecule has 1 N–H and O–H groups in total. The SMILES string of the molecule is CC(=O)N1CCN(c2ncc(B3OC(C)(C)C(C)(C)O3)cn2)C[C@@H]1C(=O)O. The summed E-state index contributed by atoms with van der Waals surface area (Å²) >= 11 is 0. The van der Waals surface area contributed by atoms with Gasteiger partial charge in [-0.05, 0) is 27.7 Å². The van der Waals surface area contributed by atoms with Crippen LogP contribution in [-0.2, 0) is 18.9 Å². The molecule has 0 unspecified atom stereocenters. The molecule has 2 fully saturated rings. The van der Waals surface area contributed by atoms with E-state index < -0.39 is 30.3 Å². The van der Waals surface area contributed by atoms with Crippen LogP contribution in [0.15, 0.2) is 12.4 Å². The quantitative estimate of drug-likeness (QED) is 0.730. The number of carboxylic acids is 1. The highest BCUT2D eigenvalue weighted by molar-refractivity contribution is 6.61. The molecule has 146 valence electrons. The Morgan fingerprint density at radius 3 is 2.19 bits per heavy atom. The highest BCUT2D eigenvalue weighted by Crippen LogP contribution is 2.36. The summed E-state index contributed by atoms with van der Waals surface area (Å²) in [5, 5.41) is 9.41. The van der Waals surface area contributed by atoms with E-state index in [2.05, 4.69) is 9.97 Å². The number of carbonyl (C=O) groups excluding carboxylic acids is 1. The lowest BCUT2D eigenvalue weighted by atomic mass is 9.81. The highest BCUT2D eigenvalue weighted by atomic mass is 16.7. The van der Waals surface area contributed by atoms with Crippen LogP contribution < -0.4 is 10.4 Å². The van der Waals surface area contributed by atoms with Crippen molar-refractivity contribution >= 4 is 30.4 Å². The van der Waals surface area contributed by atoms with Crippen molar-refractivity contribution in [2.24, 2.45) is 0 Å².